The highest BCUT2D eigenvalue weighted by atomic mass is 79.9. The maximum Gasteiger partial charge on any atom is 0.332 e. The predicted molar refractivity (Wildman–Crippen MR) is 107 cm³/mol. The number of hydrogen-bond donors (Lipinski definition) is 0. The van der Waals surface area contributed by atoms with Gasteiger partial charge in [-0.15, -0.1) is 0 Å². The lowest BCUT2D eigenvalue weighted by atomic mass is 10.1. The highest BCUT2D eigenvalue weighted by Gasteiger charge is 2.18. The van der Waals surface area contributed by atoms with Crippen LogP contribution in [0.2, 0.25) is 0 Å². The van der Waals surface area contributed by atoms with E-state index in [0.717, 1.165) is 11.1 Å². The summed E-state index contributed by atoms with van der Waals surface area (Å²) >= 11 is 3.41. The molecular weight excluding hydrogens is 396 g/mol. The summed E-state index contributed by atoms with van der Waals surface area (Å²) in [5.74, 6) is 0. The van der Waals surface area contributed by atoms with E-state index in [-0.39, 0.29) is 11.2 Å². The number of allylic oxidation sites excluding steroid dienone is 2. The van der Waals surface area contributed by atoms with Crippen molar-refractivity contribution in [3.8, 4) is 0 Å². The fourth-order valence-electron chi connectivity index (χ4n) is 2.87. The molecule has 0 aliphatic carbocycles. The molecule has 7 heteroatoms. The summed E-state index contributed by atoms with van der Waals surface area (Å²) in [6.07, 6.45) is 2.63. The lowest BCUT2D eigenvalue weighted by Crippen LogP contribution is -2.40. The molecule has 26 heavy (non-hydrogen) atoms. The number of rotatable bonds is 5. The first kappa shape index (κ1) is 18.4. The Labute approximate surface area is 159 Å². The Hall–Kier alpha value is -2.41. The normalized spacial score (nSPS) is 11.1. The molecule has 0 saturated heterocycles. The first-order chi connectivity index (χ1) is 12.4. The lowest BCUT2D eigenvalue weighted by molar-refractivity contribution is 0.600. The summed E-state index contributed by atoms with van der Waals surface area (Å²) in [6, 6.07) is 9.82. The van der Waals surface area contributed by atoms with Crippen LogP contribution < -0.4 is 11.2 Å². The number of hydrogen-bond acceptors (Lipinski definition) is 3. The molecule has 3 aromatic rings. The molecule has 2 aromatic heterocycles. The van der Waals surface area contributed by atoms with Crippen molar-refractivity contribution in [1.29, 1.82) is 0 Å². The smallest absolute Gasteiger partial charge is 0.309 e. The molecule has 3 rings (SSSR count). The molecule has 0 amide bonds. The van der Waals surface area contributed by atoms with Crippen molar-refractivity contribution >= 4 is 27.1 Å². The minimum absolute atomic E-state index is 0.306. The Morgan fingerprint density at radius 3 is 2.50 bits per heavy atom. The van der Waals surface area contributed by atoms with Gasteiger partial charge < -0.3 is 4.57 Å². The van der Waals surface area contributed by atoms with E-state index >= 15 is 0 Å². The van der Waals surface area contributed by atoms with E-state index in [2.05, 4.69) is 20.9 Å². The molecule has 1 aromatic carbocycles. The summed E-state index contributed by atoms with van der Waals surface area (Å²) in [6.45, 7) is 4.85. The van der Waals surface area contributed by atoms with E-state index in [1.54, 1.807) is 11.6 Å². The van der Waals surface area contributed by atoms with Crippen LogP contribution in [0.3, 0.4) is 0 Å². The second-order valence-corrected chi connectivity index (χ2v) is 7.19. The fraction of sp³-hybridized carbons (Fsp3) is 0.316. The summed E-state index contributed by atoms with van der Waals surface area (Å²) in [4.78, 5) is 30.1. The minimum atomic E-state index is -0.349. The van der Waals surface area contributed by atoms with Gasteiger partial charge in [-0.3, -0.25) is 13.9 Å². The van der Waals surface area contributed by atoms with E-state index in [1.807, 2.05) is 50.3 Å². The second kappa shape index (κ2) is 7.45. The van der Waals surface area contributed by atoms with Crippen LogP contribution in [-0.4, -0.2) is 18.7 Å². The first-order valence-electron chi connectivity index (χ1n) is 8.43. The summed E-state index contributed by atoms with van der Waals surface area (Å²) in [7, 11) is 1.65. The van der Waals surface area contributed by atoms with Gasteiger partial charge in [0.25, 0.3) is 5.56 Å². The molecule has 0 fully saturated rings. The van der Waals surface area contributed by atoms with Gasteiger partial charge in [-0.05, 0) is 41.8 Å². The van der Waals surface area contributed by atoms with Crippen molar-refractivity contribution in [3.63, 3.8) is 0 Å². The number of imidazole rings is 1. The van der Waals surface area contributed by atoms with Crippen LogP contribution in [0.1, 0.15) is 19.4 Å². The number of fused-ring (bicyclic) bond motifs is 1. The van der Waals surface area contributed by atoms with E-state index in [4.69, 9.17) is 0 Å². The molecule has 0 bridgehead atoms. The Morgan fingerprint density at radius 2 is 1.85 bits per heavy atom. The summed E-state index contributed by atoms with van der Waals surface area (Å²) in [5.41, 5.74) is 2.40. The van der Waals surface area contributed by atoms with Crippen LogP contribution in [0.4, 0.5) is 0 Å². The van der Waals surface area contributed by atoms with Gasteiger partial charge in [-0.2, -0.15) is 0 Å². The molecular formula is C19H21BrN4O2. The third-order valence-electron chi connectivity index (χ3n) is 4.33. The molecule has 0 saturated carbocycles. The third-order valence-corrected chi connectivity index (χ3v) is 4.94. The van der Waals surface area contributed by atoms with Crippen LogP contribution in [0, 0.1) is 0 Å². The van der Waals surface area contributed by atoms with Crippen LogP contribution in [0.5, 0.6) is 0 Å². The largest absolute Gasteiger partial charge is 0.332 e. The Bertz CT molecular complexity index is 1090. The molecule has 6 nitrogen and oxygen atoms in total. The van der Waals surface area contributed by atoms with Gasteiger partial charge in [-0.25, -0.2) is 9.78 Å². The first-order valence-corrected chi connectivity index (χ1v) is 9.22. The number of aromatic nitrogens is 4. The molecule has 0 atom stereocenters. The van der Waals surface area contributed by atoms with Crippen LogP contribution >= 0.6 is 15.9 Å². The molecule has 136 valence electrons. The van der Waals surface area contributed by atoms with Crippen molar-refractivity contribution < 1.29 is 0 Å². The number of benzene rings is 1. The van der Waals surface area contributed by atoms with E-state index in [0.29, 0.717) is 35.4 Å². The zero-order chi connectivity index (χ0) is 18.8. The molecule has 0 radical (unpaired) electrons. The number of nitrogens with zero attached hydrogens (tertiary/aromatic N) is 4. The molecule has 0 N–H and O–H groups in total. The van der Waals surface area contributed by atoms with Gasteiger partial charge >= 0.3 is 5.69 Å². The Balaban J connectivity index is 2.12. The molecule has 2 heterocycles. The quantitative estimate of drug-likeness (QED) is 0.474. The highest BCUT2D eigenvalue weighted by Crippen LogP contribution is 2.16. The lowest BCUT2D eigenvalue weighted by Gasteiger charge is -2.09. The van der Waals surface area contributed by atoms with Gasteiger partial charge in [0, 0.05) is 20.1 Å². The van der Waals surface area contributed by atoms with E-state index in [9.17, 15) is 9.59 Å². The summed E-state index contributed by atoms with van der Waals surface area (Å²) in [5, 5.41) is 0. The van der Waals surface area contributed by atoms with Crippen molar-refractivity contribution in [2.24, 2.45) is 7.05 Å². The zero-order valence-corrected chi connectivity index (χ0v) is 16.7. The molecule has 0 aliphatic heterocycles. The molecule has 0 spiro atoms. The maximum absolute atomic E-state index is 13.0. The topological polar surface area (TPSA) is 61.8 Å². The fourth-order valence-corrected chi connectivity index (χ4v) is 3.36. The van der Waals surface area contributed by atoms with Crippen LogP contribution in [-0.2, 0) is 26.6 Å². The maximum atomic E-state index is 13.0. The SMILES string of the molecule is CC(C)=CCn1c(Br)nc2c1c(=O)n(CCc1ccccc1)c(=O)n2C. The van der Waals surface area contributed by atoms with Gasteiger partial charge in [0.1, 0.15) is 0 Å². The average Bonchev–Trinajstić information content (AvgIpc) is 2.95. The summed E-state index contributed by atoms with van der Waals surface area (Å²) < 4.78 is 5.06. The van der Waals surface area contributed by atoms with Gasteiger partial charge in [-0.1, -0.05) is 42.0 Å². The Kier molecular flexibility index (Phi) is 5.27. The van der Waals surface area contributed by atoms with E-state index in [1.165, 1.54) is 9.13 Å². The minimum Gasteiger partial charge on any atom is -0.309 e. The van der Waals surface area contributed by atoms with Gasteiger partial charge in [0.15, 0.2) is 15.9 Å². The zero-order valence-electron chi connectivity index (χ0n) is 15.1. The van der Waals surface area contributed by atoms with Crippen LogP contribution in [0.15, 0.2) is 56.3 Å². The highest BCUT2D eigenvalue weighted by molar-refractivity contribution is 9.10. The molecule has 0 unspecified atom stereocenters. The Morgan fingerprint density at radius 1 is 1.15 bits per heavy atom. The monoisotopic (exact) mass is 416 g/mol. The van der Waals surface area contributed by atoms with Gasteiger partial charge in [0.05, 0.1) is 0 Å². The van der Waals surface area contributed by atoms with E-state index < -0.39 is 0 Å². The van der Waals surface area contributed by atoms with Crippen molar-refractivity contribution in [3.05, 3.63) is 73.1 Å². The van der Waals surface area contributed by atoms with Crippen molar-refractivity contribution in [2.45, 2.75) is 33.4 Å². The second-order valence-electron chi connectivity index (χ2n) is 6.48. The number of aryl methyl sites for hydroxylation is 2. The standard InChI is InChI=1S/C19H21BrN4O2/c1-13(2)9-11-23-15-16(21-18(23)20)22(3)19(26)24(17(15)25)12-10-14-7-5-4-6-8-14/h4-9H,10-12H2,1-3H3. The van der Waals surface area contributed by atoms with Crippen molar-refractivity contribution in [1.82, 2.24) is 18.7 Å². The van der Waals surface area contributed by atoms with Crippen LogP contribution in [0.25, 0.3) is 11.2 Å². The predicted octanol–water partition coefficient (Wildman–Crippen LogP) is 2.87. The average molecular weight is 417 g/mol. The third kappa shape index (κ3) is 3.44. The van der Waals surface area contributed by atoms with Crippen molar-refractivity contribution in [2.75, 3.05) is 0 Å². The molecule has 0 aliphatic rings. The van der Waals surface area contributed by atoms with Gasteiger partial charge in [0.2, 0.25) is 0 Å². The number of halogens is 1.